The Morgan fingerprint density at radius 2 is 1.87 bits per heavy atom. The van der Waals surface area contributed by atoms with Gasteiger partial charge in [0.2, 0.25) is 0 Å². The molecule has 2 bridgehead atoms. The fourth-order valence-corrected chi connectivity index (χ4v) is 3.73. The molecule has 1 aromatic carbocycles. The predicted molar refractivity (Wildman–Crippen MR) is 91.1 cm³/mol. The highest BCUT2D eigenvalue weighted by Crippen LogP contribution is 2.27. The van der Waals surface area contributed by atoms with Crippen molar-refractivity contribution in [2.24, 2.45) is 5.92 Å². The molecule has 3 aliphatic heterocycles. The molecule has 0 saturated carbocycles. The van der Waals surface area contributed by atoms with Crippen molar-refractivity contribution in [3.05, 3.63) is 42.1 Å². The second-order valence-corrected chi connectivity index (χ2v) is 6.63. The molecule has 0 aliphatic carbocycles. The maximum atomic E-state index is 12.5. The minimum Gasteiger partial charge on any atom is -0.399 e. The van der Waals surface area contributed by atoms with Crippen molar-refractivity contribution in [2.75, 3.05) is 25.4 Å². The zero-order chi connectivity index (χ0) is 15.8. The number of nitrogens with two attached hydrogens (primary N) is 1. The van der Waals surface area contributed by atoms with Gasteiger partial charge in [0.15, 0.2) is 0 Å². The van der Waals surface area contributed by atoms with Crippen molar-refractivity contribution < 1.29 is 4.79 Å². The lowest BCUT2D eigenvalue weighted by Crippen LogP contribution is -2.57. The van der Waals surface area contributed by atoms with Crippen LogP contribution in [-0.4, -0.2) is 41.5 Å². The number of hydrogen-bond acceptors (Lipinski definition) is 3. The first-order valence-electron chi connectivity index (χ1n) is 8.27. The third-order valence-electron chi connectivity index (χ3n) is 5.12. The minimum atomic E-state index is -0.00885. The van der Waals surface area contributed by atoms with E-state index in [1.807, 2.05) is 36.4 Å². The number of aromatic nitrogens is 1. The Labute approximate surface area is 135 Å². The highest BCUT2D eigenvalue weighted by atomic mass is 16.2. The normalized spacial score (nSPS) is 26.2. The summed E-state index contributed by atoms with van der Waals surface area (Å²) in [7, 11) is 0. The van der Waals surface area contributed by atoms with Crippen LogP contribution in [0.1, 0.15) is 23.3 Å². The number of rotatable bonds is 3. The molecule has 23 heavy (non-hydrogen) atoms. The van der Waals surface area contributed by atoms with E-state index in [9.17, 15) is 4.79 Å². The summed E-state index contributed by atoms with van der Waals surface area (Å²) in [5, 5.41) is 3.21. The first-order valence-corrected chi connectivity index (χ1v) is 8.27. The van der Waals surface area contributed by atoms with Crippen LogP contribution in [0.25, 0.3) is 11.3 Å². The number of anilines is 1. The summed E-state index contributed by atoms with van der Waals surface area (Å²) in [6, 6.07) is 11.7. The van der Waals surface area contributed by atoms with Crippen molar-refractivity contribution in [2.45, 2.75) is 18.9 Å². The molecule has 5 heteroatoms. The summed E-state index contributed by atoms with van der Waals surface area (Å²) in [4.78, 5) is 18.2. The number of nitrogens with zero attached hydrogens (tertiary/aromatic N) is 1. The number of piperidine rings is 3. The molecule has 1 amide bonds. The van der Waals surface area contributed by atoms with Gasteiger partial charge in [-0.15, -0.1) is 0 Å². The van der Waals surface area contributed by atoms with E-state index in [0.29, 0.717) is 11.6 Å². The van der Waals surface area contributed by atoms with Crippen LogP contribution in [0.4, 0.5) is 5.69 Å². The molecule has 5 nitrogen and oxygen atoms in total. The summed E-state index contributed by atoms with van der Waals surface area (Å²) in [6.07, 6.45) is 2.40. The number of hydrogen-bond donors (Lipinski definition) is 3. The summed E-state index contributed by atoms with van der Waals surface area (Å²) < 4.78 is 0. The topological polar surface area (TPSA) is 74.2 Å². The summed E-state index contributed by atoms with van der Waals surface area (Å²) in [6.45, 7) is 3.35. The van der Waals surface area contributed by atoms with Gasteiger partial charge in [-0.3, -0.25) is 4.79 Å². The van der Waals surface area contributed by atoms with Gasteiger partial charge >= 0.3 is 0 Å². The van der Waals surface area contributed by atoms with Crippen LogP contribution in [0.3, 0.4) is 0 Å². The molecule has 1 aromatic heterocycles. The summed E-state index contributed by atoms with van der Waals surface area (Å²) >= 11 is 0. The number of H-pyrrole nitrogens is 1. The Hall–Kier alpha value is -2.27. The summed E-state index contributed by atoms with van der Waals surface area (Å²) in [5.41, 5.74) is 9.03. The second-order valence-electron chi connectivity index (χ2n) is 6.63. The average Bonchev–Trinajstić information content (AvgIpc) is 3.07. The van der Waals surface area contributed by atoms with Gasteiger partial charge in [-0.25, -0.2) is 0 Å². The first kappa shape index (κ1) is 14.3. The lowest BCUT2D eigenvalue weighted by atomic mass is 9.84. The van der Waals surface area contributed by atoms with Gasteiger partial charge in [0.25, 0.3) is 5.91 Å². The third-order valence-corrected chi connectivity index (χ3v) is 5.12. The Balaban J connectivity index is 1.46. The van der Waals surface area contributed by atoms with Crippen LogP contribution in [0.15, 0.2) is 36.4 Å². The monoisotopic (exact) mass is 310 g/mol. The first-order chi connectivity index (χ1) is 11.2. The number of nitrogens with one attached hydrogen (secondary N) is 2. The lowest BCUT2D eigenvalue weighted by Gasteiger charge is -2.44. The molecular formula is C18H22N4O. The second kappa shape index (κ2) is 5.74. The fourth-order valence-electron chi connectivity index (χ4n) is 3.73. The third kappa shape index (κ3) is 2.84. The van der Waals surface area contributed by atoms with Gasteiger partial charge in [0.1, 0.15) is 5.69 Å². The standard InChI is InChI=1S/C18H22N4O/c19-14-3-1-12(2-4-14)15-5-6-16(20-15)18(23)21-17-11-22-9-7-13(17)8-10-22/h1-6,13,17,20H,7-11,19H2,(H,21,23)/t17-/m0/s1. The SMILES string of the molecule is Nc1ccc(-c2ccc(C(=O)N[C@H]3CN4CCC3CC4)[nH]2)cc1. The van der Waals surface area contributed by atoms with E-state index in [4.69, 9.17) is 5.73 Å². The van der Waals surface area contributed by atoms with Crippen LogP contribution in [0.2, 0.25) is 0 Å². The maximum Gasteiger partial charge on any atom is 0.267 e. The van der Waals surface area contributed by atoms with Gasteiger partial charge in [-0.1, -0.05) is 12.1 Å². The van der Waals surface area contributed by atoms with Crippen LogP contribution in [0, 0.1) is 5.92 Å². The molecule has 3 saturated heterocycles. The Morgan fingerprint density at radius 1 is 1.13 bits per heavy atom. The smallest absolute Gasteiger partial charge is 0.267 e. The van der Waals surface area contributed by atoms with Gasteiger partial charge in [0, 0.05) is 24.0 Å². The maximum absolute atomic E-state index is 12.5. The number of amides is 1. The lowest BCUT2D eigenvalue weighted by molar-refractivity contribution is 0.0618. The molecule has 120 valence electrons. The zero-order valence-electron chi connectivity index (χ0n) is 13.1. The Morgan fingerprint density at radius 3 is 2.52 bits per heavy atom. The molecule has 3 fully saturated rings. The average molecular weight is 310 g/mol. The molecule has 5 rings (SSSR count). The number of carbonyl (C=O) groups excluding carboxylic acids is 1. The Bertz CT molecular complexity index is 698. The molecule has 2 aromatic rings. The van der Waals surface area contributed by atoms with E-state index >= 15 is 0 Å². The van der Waals surface area contributed by atoms with E-state index < -0.39 is 0 Å². The summed E-state index contributed by atoms with van der Waals surface area (Å²) in [5.74, 6) is 0.626. The number of aromatic amines is 1. The van der Waals surface area contributed by atoms with E-state index in [0.717, 1.165) is 23.5 Å². The van der Waals surface area contributed by atoms with E-state index in [1.54, 1.807) is 0 Å². The molecule has 0 radical (unpaired) electrons. The molecule has 3 aliphatic rings. The molecular weight excluding hydrogens is 288 g/mol. The van der Waals surface area contributed by atoms with Crippen molar-refractivity contribution in [1.82, 2.24) is 15.2 Å². The fraction of sp³-hybridized carbons (Fsp3) is 0.389. The van der Waals surface area contributed by atoms with Crippen molar-refractivity contribution >= 4 is 11.6 Å². The number of nitrogen functional groups attached to an aromatic ring is 1. The minimum absolute atomic E-state index is 0.00885. The highest BCUT2D eigenvalue weighted by molar-refractivity contribution is 5.93. The Kier molecular flexibility index (Phi) is 3.58. The number of carbonyl (C=O) groups is 1. The molecule has 1 atom stereocenters. The van der Waals surface area contributed by atoms with Gasteiger partial charge < -0.3 is 20.9 Å². The van der Waals surface area contributed by atoms with Crippen molar-refractivity contribution in [3.63, 3.8) is 0 Å². The predicted octanol–water partition coefficient (Wildman–Crippen LogP) is 2.09. The quantitative estimate of drug-likeness (QED) is 0.760. The van der Waals surface area contributed by atoms with Gasteiger partial charge in [-0.05, 0) is 61.7 Å². The highest BCUT2D eigenvalue weighted by Gasteiger charge is 2.35. The van der Waals surface area contributed by atoms with Crippen LogP contribution < -0.4 is 11.1 Å². The van der Waals surface area contributed by atoms with Gasteiger partial charge in [0.05, 0.1) is 0 Å². The van der Waals surface area contributed by atoms with Crippen LogP contribution >= 0.6 is 0 Å². The van der Waals surface area contributed by atoms with Crippen LogP contribution in [-0.2, 0) is 0 Å². The largest absolute Gasteiger partial charge is 0.399 e. The molecule has 4 N–H and O–H groups in total. The van der Waals surface area contributed by atoms with E-state index in [-0.39, 0.29) is 11.9 Å². The van der Waals surface area contributed by atoms with E-state index in [1.165, 1.54) is 25.9 Å². The molecule has 4 heterocycles. The van der Waals surface area contributed by atoms with Crippen LogP contribution in [0.5, 0.6) is 0 Å². The van der Waals surface area contributed by atoms with Crippen molar-refractivity contribution in [3.8, 4) is 11.3 Å². The zero-order valence-corrected chi connectivity index (χ0v) is 13.1. The molecule has 0 spiro atoms. The molecule has 0 unspecified atom stereocenters. The van der Waals surface area contributed by atoms with Gasteiger partial charge in [-0.2, -0.15) is 0 Å². The van der Waals surface area contributed by atoms with Crippen molar-refractivity contribution in [1.29, 1.82) is 0 Å². The number of fused-ring (bicyclic) bond motifs is 3. The number of benzene rings is 1. The van der Waals surface area contributed by atoms with E-state index in [2.05, 4.69) is 15.2 Å².